The Labute approximate surface area is 309 Å². The molecule has 0 aliphatic carbocycles. The van der Waals surface area contributed by atoms with E-state index in [1.54, 1.807) is 31.0 Å². The van der Waals surface area contributed by atoms with Gasteiger partial charge in [0.15, 0.2) is 46.3 Å². The lowest BCUT2D eigenvalue weighted by atomic mass is 10.0. The quantitative estimate of drug-likeness (QED) is 0.0836. The normalized spacial score (nSPS) is 17.8. The van der Waals surface area contributed by atoms with Gasteiger partial charge >= 0.3 is 5.97 Å². The van der Waals surface area contributed by atoms with Gasteiger partial charge < -0.3 is 31.6 Å². The number of carbonyl (C=O) groups excluding carboxylic acids is 1. The van der Waals surface area contributed by atoms with Crippen molar-refractivity contribution in [1.82, 2.24) is 59.7 Å². The molecule has 7 heterocycles. The number of nitrogens with two attached hydrogens (primary N) is 2. The highest BCUT2D eigenvalue weighted by Crippen LogP contribution is 2.40. The maximum absolute atomic E-state index is 12.4. The lowest BCUT2D eigenvalue weighted by Crippen LogP contribution is -2.27. The monoisotopic (exact) mass is 738 g/mol. The van der Waals surface area contributed by atoms with Crippen LogP contribution in [-0.2, 0) is 23.6 Å². The van der Waals surface area contributed by atoms with E-state index in [4.69, 9.17) is 31.1 Å². The third-order valence-corrected chi connectivity index (χ3v) is 9.45. The lowest BCUT2D eigenvalue weighted by molar-refractivity contribution is 0.0601. The molecule has 2 unspecified atom stereocenters. The molecule has 0 saturated carbocycles. The van der Waals surface area contributed by atoms with Crippen molar-refractivity contribution in [2.45, 2.75) is 50.6 Å². The molecule has 5 aromatic rings. The summed E-state index contributed by atoms with van der Waals surface area (Å²) < 4.78 is 16.2. The van der Waals surface area contributed by atoms with E-state index < -0.39 is 5.97 Å². The first-order valence-electron chi connectivity index (χ1n) is 17.5. The van der Waals surface area contributed by atoms with Gasteiger partial charge in [0, 0.05) is 20.2 Å². The zero-order chi connectivity index (χ0) is 37.9. The van der Waals surface area contributed by atoms with Crippen molar-refractivity contribution in [3.63, 3.8) is 0 Å². The van der Waals surface area contributed by atoms with Gasteiger partial charge in [-0.1, -0.05) is 19.4 Å². The Bertz CT molecular complexity index is 2080. The number of aromatic nitrogens is 10. The van der Waals surface area contributed by atoms with Crippen LogP contribution in [0.5, 0.6) is 0 Å². The third-order valence-electron chi connectivity index (χ3n) is 9.45. The van der Waals surface area contributed by atoms with E-state index >= 15 is 0 Å². The first-order valence-corrected chi connectivity index (χ1v) is 17.5. The number of aryl methyl sites for hydroxylation is 2. The van der Waals surface area contributed by atoms with Gasteiger partial charge in [-0.2, -0.15) is 29.8 Å². The van der Waals surface area contributed by atoms with Crippen molar-refractivity contribution in [3.8, 4) is 11.6 Å². The van der Waals surface area contributed by atoms with Gasteiger partial charge in [0.1, 0.15) is 29.0 Å². The number of esters is 1. The van der Waals surface area contributed by atoms with E-state index in [0.717, 1.165) is 51.6 Å². The van der Waals surface area contributed by atoms with Crippen LogP contribution in [-0.4, -0.2) is 82.4 Å². The van der Waals surface area contributed by atoms with Gasteiger partial charge in [0.05, 0.1) is 44.3 Å². The van der Waals surface area contributed by atoms with Crippen molar-refractivity contribution in [1.29, 1.82) is 0 Å². The SMILES string of the molecule is C=C(OC)c1cnn(C)c1N=Nc1c(C2CCCCN2)nn(-c2cc(-n3nc(C4CCCCN4)c(N=Nc4c(C(=O)OC)cnn4C)c3N)ncn2)c1N. The van der Waals surface area contributed by atoms with Crippen LogP contribution in [0.1, 0.15) is 77.9 Å². The molecule has 54 heavy (non-hydrogen) atoms. The lowest BCUT2D eigenvalue weighted by Gasteiger charge is -2.21. The van der Waals surface area contributed by atoms with Gasteiger partial charge in [-0.15, -0.1) is 20.5 Å². The fourth-order valence-electron chi connectivity index (χ4n) is 6.50. The minimum Gasteiger partial charge on any atom is -0.497 e. The summed E-state index contributed by atoms with van der Waals surface area (Å²) in [5.41, 5.74) is 16.2. The second-order valence-electron chi connectivity index (χ2n) is 12.8. The molecular weight excluding hydrogens is 696 g/mol. The largest absolute Gasteiger partial charge is 0.497 e. The third kappa shape index (κ3) is 6.80. The van der Waals surface area contributed by atoms with Crippen LogP contribution in [0.25, 0.3) is 17.4 Å². The number of ether oxygens (including phenoxy) is 2. The van der Waals surface area contributed by atoms with E-state index in [1.807, 2.05) is 0 Å². The Morgan fingerprint density at radius 3 is 1.74 bits per heavy atom. The molecule has 6 N–H and O–H groups in total. The Hall–Kier alpha value is -6.35. The molecular formula is C33H42N18O3. The summed E-state index contributed by atoms with van der Waals surface area (Å²) in [4.78, 5) is 21.4. The molecule has 2 aliphatic rings. The van der Waals surface area contributed by atoms with Crippen molar-refractivity contribution in [3.05, 3.63) is 53.9 Å². The maximum atomic E-state index is 12.4. The van der Waals surface area contributed by atoms with Crippen LogP contribution in [0.3, 0.4) is 0 Å². The molecule has 282 valence electrons. The summed E-state index contributed by atoms with van der Waals surface area (Å²) >= 11 is 0. The Kier molecular flexibility index (Phi) is 10.2. The number of hydrogen-bond donors (Lipinski definition) is 4. The molecule has 0 spiro atoms. The molecule has 0 radical (unpaired) electrons. The molecule has 2 aliphatic heterocycles. The fraction of sp³-hybridized carbons (Fsp3) is 0.424. The minimum absolute atomic E-state index is 0.114. The molecule has 21 heteroatoms. The summed E-state index contributed by atoms with van der Waals surface area (Å²) in [7, 11) is 6.22. The Morgan fingerprint density at radius 1 is 0.778 bits per heavy atom. The van der Waals surface area contributed by atoms with Gasteiger partial charge in [0.2, 0.25) is 0 Å². The fourth-order valence-corrected chi connectivity index (χ4v) is 6.50. The van der Waals surface area contributed by atoms with Crippen LogP contribution in [0.15, 0.2) is 51.8 Å². The Morgan fingerprint density at radius 2 is 1.28 bits per heavy atom. The topological polar surface area (TPSA) is 258 Å². The predicted octanol–water partition coefficient (Wildman–Crippen LogP) is 4.34. The summed E-state index contributed by atoms with van der Waals surface area (Å²) in [6.45, 7) is 5.57. The summed E-state index contributed by atoms with van der Waals surface area (Å²) in [6, 6.07) is 1.41. The van der Waals surface area contributed by atoms with Gasteiger partial charge in [0.25, 0.3) is 0 Å². The molecule has 0 amide bonds. The number of nitrogens with one attached hydrogen (secondary N) is 2. The number of nitrogens with zero attached hydrogens (tertiary/aromatic N) is 14. The molecule has 21 nitrogen and oxygen atoms in total. The molecule has 2 saturated heterocycles. The predicted molar refractivity (Wildman–Crippen MR) is 196 cm³/mol. The number of nitrogen functional groups attached to an aromatic ring is 2. The zero-order valence-corrected chi connectivity index (χ0v) is 30.5. The smallest absolute Gasteiger partial charge is 0.343 e. The van der Waals surface area contributed by atoms with Crippen LogP contribution in [0.4, 0.5) is 34.6 Å². The van der Waals surface area contributed by atoms with Crippen LogP contribution in [0.2, 0.25) is 0 Å². The molecule has 2 fully saturated rings. The maximum Gasteiger partial charge on any atom is 0.343 e. The highest BCUT2D eigenvalue weighted by atomic mass is 16.5. The first-order chi connectivity index (χ1) is 26.2. The first kappa shape index (κ1) is 36.0. The van der Waals surface area contributed by atoms with E-state index in [2.05, 4.69) is 57.8 Å². The molecule has 0 bridgehead atoms. The summed E-state index contributed by atoms with van der Waals surface area (Å²) in [5, 5.41) is 43.3. The minimum atomic E-state index is -0.591. The van der Waals surface area contributed by atoms with Crippen LogP contribution >= 0.6 is 0 Å². The second kappa shape index (κ2) is 15.3. The number of piperidine rings is 2. The van der Waals surface area contributed by atoms with E-state index in [1.165, 1.54) is 40.8 Å². The van der Waals surface area contributed by atoms with Crippen molar-refractivity contribution < 1.29 is 14.3 Å². The molecule has 2 atom stereocenters. The van der Waals surface area contributed by atoms with Crippen LogP contribution < -0.4 is 22.1 Å². The number of azo groups is 2. The Balaban J connectivity index is 1.30. The zero-order valence-electron chi connectivity index (χ0n) is 30.5. The van der Waals surface area contributed by atoms with Gasteiger partial charge in [-0.05, 0) is 38.8 Å². The number of rotatable bonds is 11. The average molecular weight is 739 g/mol. The number of hydrogen-bond acceptors (Lipinski definition) is 17. The van der Waals surface area contributed by atoms with Gasteiger partial charge in [-0.25, -0.2) is 24.1 Å². The van der Waals surface area contributed by atoms with E-state index in [9.17, 15) is 4.79 Å². The second-order valence-corrected chi connectivity index (χ2v) is 12.8. The molecule has 5 aromatic heterocycles. The number of anilines is 2. The number of methoxy groups -OCH3 is 2. The summed E-state index contributed by atoms with van der Waals surface area (Å²) in [5.74, 6) is 1.52. The van der Waals surface area contributed by atoms with Gasteiger partial charge in [-0.3, -0.25) is 0 Å². The van der Waals surface area contributed by atoms with Crippen molar-refractivity contribution in [2.24, 2.45) is 34.6 Å². The van der Waals surface area contributed by atoms with E-state index in [-0.39, 0.29) is 35.1 Å². The average Bonchev–Trinajstić information content (AvgIpc) is 3.95. The van der Waals surface area contributed by atoms with E-state index in [0.29, 0.717) is 51.5 Å². The highest BCUT2D eigenvalue weighted by molar-refractivity contribution is 5.93. The van der Waals surface area contributed by atoms with Crippen LogP contribution in [0, 0.1) is 0 Å². The highest BCUT2D eigenvalue weighted by Gasteiger charge is 2.29. The summed E-state index contributed by atoms with van der Waals surface area (Å²) in [6.07, 6.45) is 10.1. The number of carbonyl (C=O) groups is 1. The standard InChI is InChI=1S/C33H42N18O3/c1-18(53-4)19-15-40-48(2)31(19)44-42-27-25(21-10-6-8-12-36-21)46-50(29(27)34)23-14-24(39-17-38-23)51-30(35)28(26(47-51)22-11-7-9-13-37-22)43-45-32-20(33(52)54-5)16-41-49(32)3/h14-17,21-22,36-37H,1,6-13,34-35H2,2-5H3. The van der Waals surface area contributed by atoms with Crippen molar-refractivity contribution in [2.75, 3.05) is 38.8 Å². The van der Waals surface area contributed by atoms with Crippen molar-refractivity contribution >= 4 is 46.4 Å². The molecule has 0 aromatic carbocycles. The molecule has 7 rings (SSSR count).